The smallest absolute Gasteiger partial charge is 0.0406 e. The van der Waals surface area contributed by atoms with E-state index in [2.05, 4.69) is 26.0 Å². The van der Waals surface area contributed by atoms with Crippen molar-refractivity contribution in [3.63, 3.8) is 0 Å². The molecule has 1 aliphatic carbocycles. The van der Waals surface area contributed by atoms with Crippen molar-refractivity contribution in [1.82, 2.24) is 0 Å². The van der Waals surface area contributed by atoms with Crippen LogP contribution in [0.5, 0.6) is 0 Å². The van der Waals surface area contributed by atoms with Gasteiger partial charge in [-0.2, -0.15) is 0 Å². The third kappa shape index (κ3) is 1.60. The molecule has 70 valence electrons. The topological polar surface area (TPSA) is 0 Å². The van der Waals surface area contributed by atoms with Gasteiger partial charge in [0.15, 0.2) is 0 Å². The molecule has 2 rings (SSSR count). The molecule has 1 saturated carbocycles. The highest BCUT2D eigenvalue weighted by Gasteiger charge is 2.38. The van der Waals surface area contributed by atoms with Crippen LogP contribution in [-0.4, -0.2) is 0 Å². The summed E-state index contributed by atoms with van der Waals surface area (Å²) < 4.78 is 0. The van der Waals surface area contributed by atoms with Crippen LogP contribution in [0, 0.1) is 5.92 Å². The molecule has 0 spiro atoms. The zero-order valence-electron chi connectivity index (χ0n) is 8.18. The van der Waals surface area contributed by atoms with Crippen LogP contribution in [0.1, 0.15) is 32.3 Å². The minimum atomic E-state index is 0.421. The number of benzene rings is 1. The van der Waals surface area contributed by atoms with Crippen molar-refractivity contribution in [3.8, 4) is 0 Å². The van der Waals surface area contributed by atoms with Crippen molar-refractivity contribution >= 4 is 11.6 Å². The molecule has 0 nitrogen and oxygen atoms in total. The van der Waals surface area contributed by atoms with Crippen LogP contribution in [0.3, 0.4) is 0 Å². The van der Waals surface area contributed by atoms with Gasteiger partial charge in [0.2, 0.25) is 0 Å². The molecule has 1 fully saturated rings. The number of hydrogen-bond acceptors (Lipinski definition) is 0. The van der Waals surface area contributed by atoms with Gasteiger partial charge in [0.25, 0.3) is 0 Å². The van der Waals surface area contributed by atoms with Gasteiger partial charge in [-0.1, -0.05) is 37.6 Å². The Kier molecular flexibility index (Phi) is 2.11. The van der Waals surface area contributed by atoms with Crippen LogP contribution in [0.25, 0.3) is 0 Å². The van der Waals surface area contributed by atoms with E-state index >= 15 is 0 Å². The first-order chi connectivity index (χ1) is 6.10. The summed E-state index contributed by atoms with van der Waals surface area (Å²) in [6, 6.07) is 8.30. The highest BCUT2D eigenvalue weighted by atomic mass is 35.5. The summed E-state index contributed by atoms with van der Waals surface area (Å²) in [7, 11) is 0. The Morgan fingerprint density at radius 1 is 1.23 bits per heavy atom. The van der Waals surface area contributed by atoms with E-state index in [-0.39, 0.29) is 0 Å². The number of hydrogen-bond donors (Lipinski definition) is 0. The second-order valence-corrected chi connectivity index (χ2v) is 5.02. The Balaban J connectivity index is 2.22. The van der Waals surface area contributed by atoms with E-state index in [1.807, 2.05) is 12.1 Å². The molecule has 1 aliphatic rings. The lowest BCUT2D eigenvalue weighted by Crippen LogP contribution is -2.36. The molecule has 1 aromatic rings. The summed E-state index contributed by atoms with van der Waals surface area (Å²) in [4.78, 5) is 0. The monoisotopic (exact) mass is 194 g/mol. The zero-order valence-corrected chi connectivity index (χ0v) is 8.93. The van der Waals surface area contributed by atoms with Crippen LogP contribution in [-0.2, 0) is 5.41 Å². The SMILES string of the molecule is CC1CC(C)(c2ccc(Cl)cc2)C1. The van der Waals surface area contributed by atoms with Gasteiger partial charge >= 0.3 is 0 Å². The normalized spacial score (nSPS) is 32.7. The quantitative estimate of drug-likeness (QED) is 0.634. The van der Waals surface area contributed by atoms with Crippen molar-refractivity contribution in [2.75, 3.05) is 0 Å². The fourth-order valence-electron chi connectivity index (χ4n) is 2.57. The average Bonchev–Trinajstić information content (AvgIpc) is 2.03. The highest BCUT2D eigenvalue weighted by molar-refractivity contribution is 6.30. The van der Waals surface area contributed by atoms with E-state index in [4.69, 9.17) is 11.6 Å². The molecule has 0 heterocycles. The Morgan fingerprint density at radius 3 is 2.23 bits per heavy atom. The summed E-state index contributed by atoms with van der Waals surface area (Å²) in [5.74, 6) is 0.890. The van der Waals surface area contributed by atoms with Crippen LogP contribution >= 0.6 is 11.6 Å². The van der Waals surface area contributed by atoms with Gasteiger partial charge in [-0.05, 0) is 41.9 Å². The highest BCUT2D eigenvalue weighted by Crippen LogP contribution is 2.47. The van der Waals surface area contributed by atoms with Crippen LogP contribution < -0.4 is 0 Å². The first-order valence-electron chi connectivity index (χ1n) is 4.86. The molecule has 1 aromatic carbocycles. The van der Waals surface area contributed by atoms with E-state index in [0.717, 1.165) is 10.9 Å². The van der Waals surface area contributed by atoms with E-state index in [9.17, 15) is 0 Å². The standard InChI is InChI=1S/C12H15Cl/c1-9-7-12(2,8-9)10-3-5-11(13)6-4-10/h3-6,9H,7-8H2,1-2H3. The molecule has 0 atom stereocenters. The third-order valence-electron chi connectivity index (χ3n) is 3.14. The van der Waals surface area contributed by atoms with Crippen LogP contribution in [0.2, 0.25) is 5.02 Å². The lowest BCUT2D eigenvalue weighted by atomic mass is 9.60. The molecule has 0 N–H and O–H groups in total. The van der Waals surface area contributed by atoms with Crippen molar-refractivity contribution in [2.24, 2.45) is 5.92 Å². The number of halogens is 1. The van der Waals surface area contributed by atoms with Crippen molar-refractivity contribution < 1.29 is 0 Å². The lowest BCUT2D eigenvalue weighted by molar-refractivity contribution is 0.178. The Hall–Kier alpha value is -0.490. The molecular weight excluding hydrogens is 180 g/mol. The van der Waals surface area contributed by atoms with Crippen LogP contribution in [0.4, 0.5) is 0 Å². The Labute approximate surface area is 84.9 Å². The van der Waals surface area contributed by atoms with Gasteiger partial charge in [0.05, 0.1) is 0 Å². The molecule has 0 unspecified atom stereocenters. The fourth-order valence-corrected chi connectivity index (χ4v) is 2.69. The summed E-state index contributed by atoms with van der Waals surface area (Å²) in [6.45, 7) is 4.66. The van der Waals surface area contributed by atoms with Gasteiger partial charge in [-0.25, -0.2) is 0 Å². The summed E-state index contributed by atoms with van der Waals surface area (Å²) in [5, 5.41) is 0.833. The zero-order chi connectivity index (χ0) is 9.47. The molecule has 0 bridgehead atoms. The molecule has 0 aliphatic heterocycles. The minimum Gasteiger partial charge on any atom is -0.0843 e. The predicted octanol–water partition coefficient (Wildman–Crippen LogP) is 4.03. The van der Waals surface area contributed by atoms with Crippen LogP contribution in [0.15, 0.2) is 24.3 Å². The fraction of sp³-hybridized carbons (Fsp3) is 0.500. The van der Waals surface area contributed by atoms with Gasteiger partial charge in [0.1, 0.15) is 0 Å². The van der Waals surface area contributed by atoms with Gasteiger partial charge < -0.3 is 0 Å². The lowest BCUT2D eigenvalue weighted by Gasteiger charge is -2.44. The molecule has 0 radical (unpaired) electrons. The van der Waals surface area contributed by atoms with Crippen molar-refractivity contribution in [3.05, 3.63) is 34.9 Å². The first kappa shape index (κ1) is 9.08. The van der Waals surface area contributed by atoms with E-state index in [1.54, 1.807) is 0 Å². The van der Waals surface area contributed by atoms with E-state index < -0.39 is 0 Å². The molecule has 13 heavy (non-hydrogen) atoms. The molecule has 0 aromatic heterocycles. The van der Waals surface area contributed by atoms with Gasteiger partial charge in [-0.3, -0.25) is 0 Å². The summed E-state index contributed by atoms with van der Waals surface area (Å²) in [5.41, 5.74) is 1.86. The Bertz CT molecular complexity index is 293. The van der Waals surface area contributed by atoms with Gasteiger partial charge in [0, 0.05) is 5.02 Å². The molecule has 0 amide bonds. The average molecular weight is 195 g/mol. The number of rotatable bonds is 1. The second-order valence-electron chi connectivity index (χ2n) is 4.58. The maximum absolute atomic E-state index is 5.85. The van der Waals surface area contributed by atoms with Crippen molar-refractivity contribution in [1.29, 1.82) is 0 Å². The molecule has 1 heteroatoms. The first-order valence-corrected chi connectivity index (χ1v) is 5.24. The second kappa shape index (κ2) is 3.02. The maximum atomic E-state index is 5.85. The third-order valence-corrected chi connectivity index (χ3v) is 3.39. The summed E-state index contributed by atoms with van der Waals surface area (Å²) in [6.07, 6.45) is 2.63. The van der Waals surface area contributed by atoms with Gasteiger partial charge in [-0.15, -0.1) is 0 Å². The predicted molar refractivity (Wildman–Crippen MR) is 57.2 cm³/mol. The molecular formula is C12H15Cl. The Morgan fingerprint density at radius 2 is 1.77 bits per heavy atom. The van der Waals surface area contributed by atoms with E-state index in [0.29, 0.717) is 5.41 Å². The van der Waals surface area contributed by atoms with Crippen molar-refractivity contribution in [2.45, 2.75) is 32.1 Å². The largest absolute Gasteiger partial charge is 0.0843 e. The maximum Gasteiger partial charge on any atom is 0.0406 e. The van der Waals surface area contributed by atoms with E-state index in [1.165, 1.54) is 18.4 Å². The summed E-state index contributed by atoms with van der Waals surface area (Å²) >= 11 is 5.85. The minimum absolute atomic E-state index is 0.421. The molecule has 0 saturated heterocycles.